The molecule has 0 radical (unpaired) electrons. The van der Waals surface area contributed by atoms with Crippen LogP contribution in [0.25, 0.3) is 22.7 Å². The minimum absolute atomic E-state index is 0.0195. The van der Waals surface area contributed by atoms with Gasteiger partial charge in [-0.05, 0) is 54.7 Å². The highest BCUT2D eigenvalue weighted by Crippen LogP contribution is 2.49. The minimum Gasteiger partial charge on any atom is -0.497 e. The molecule has 6 nitrogen and oxygen atoms in total. The van der Waals surface area contributed by atoms with E-state index in [4.69, 9.17) is 4.74 Å². The van der Waals surface area contributed by atoms with Gasteiger partial charge in [-0.1, -0.05) is 85.6 Å². The summed E-state index contributed by atoms with van der Waals surface area (Å²) in [4.78, 5) is 14.7. The van der Waals surface area contributed by atoms with Gasteiger partial charge in [0.05, 0.1) is 18.5 Å². The Morgan fingerprint density at radius 1 is 0.897 bits per heavy atom. The number of fused-ring (bicyclic) bond motifs is 6. The topological polar surface area (TPSA) is 61.4 Å². The van der Waals surface area contributed by atoms with Gasteiger partial charge in [0.1, 0.15) is 5.75 Å². The SMILES string of the molecule is COc1ccc(-n2c(=O)c3c(n4c(SCc5ccccc5)nnc24)-c2ccccc2CC32CCCCC2)cc1. The average Bonchev–Trinajstić information content (AvgIpc) is 3.40. The third-order valence-electron chi connectivity index (χ3n) is 8.38. The van der Waals surface area contributed by atoms with E-state index in [-0.39, 0.29) is 11.0 Å². The van der Waals surface area contributed by atoms with E-state index in [0.29, 0.717) is 5.78 Å². The molecule has 0 amide bonds. The summed E-state index contributed by atoms with van der Waals surface area (Å²) in [5, 5.41) is 10.1. The number of thioether (sulfide) groups is 1. The normalized spacial score (nSPS) is 15.7. The molecule has 196 valence electrons. The highest BCUT2D eigenvalue weighted by Gasteiger charge is 2.44. The van der Waals surface area contributed by atoms with Crippen molar-refractivity contribution in [3.8, 4) is 22.7 Å². The number of rotatable bonds is 5. The van der Waals surface area contributed by atoms with Crippen LogP contribution >= 0.6 is 11.8 Å². The summed E-state index contributed by atoms with van der Waals surface area (Å²) in [6.07, 6.45) is 6.43. The summed E-state index contributed by atoms with van der Waals surface area (Å²) in [6.45, 7) is 0. The Labute approximate surface area is 231 Å². The lowest BCUT2D eigenvalue weighted by molar-refractivity contribution is 0.284. The first-order valence-corrected chi connectivity index (χ1v) is 14.6. The zero-order chi connectivity index (χ0) is 26.4. The van der Waals surface area contributed by atoms with Gasteiger partial charge in [-0.25, -0.2) is 4.57 Å². The maximum atomic E-state index is 14.7. The van der Waals surface area contributed by atoms with Crippen LogP contribution in [-0.2, 0) is 17.6 Å². The predicted molar refractivity (Wildman–Crippen MR) is 155 cm³/mol. The Balaban J connectivity index is 1.53. The lowest BCUT2D eigenvalue weighted by Gasteiger charge is -2.42. The van der Waals surface area contributed by atoms with E-state index < -0.39 is 0 Å². The lowest BCUT2D eigenvalue weighted by atomic mass is 9.62. The molecule has 0 N–H and O–H groups in total. The molecule has 0 atom stereocenters. The molecule has 3 aromatic carbocycles. The van der Waals surface area contributed by atoms with Crippen molar-refractivity contribution in [1.82, 2.24) is 19.2 Å². The molecule has 7 rings (SSSR count). The molecule has 0 aliphatic heterocycles. The molecule has 2 aromatic heterocycles. The van der Waals surface area contributed by atoms with E-state index in [1.165, 1.54) is 17.5 Å². The second-order valence-corrected chi connectivity index (χ2v) is 11.6. The van der Waals surface area contributed by atoms with Gasteiger partial charge in [-0.15, -0.1) is 10.2 Å². The maximum Gasteiger partial charge on any atom is 0.263 e. The zero-order valence-corrected chi connectivity index (χ0v) is 22.8. The second-order valence-electron chi connectivity index (χ2n) is 10.6. The summed E-state index contributed by atoms with van der Waals surface area (Å²) in [5.74, 6) is 2.06. The van der Waals surface area contributed by atoms with Gasteiger partial charge in [-0.2, -0.15) is 0 Å². The van der Waals surface area contributed by atoms with Crippen molar-refractivity contribution in [3.05, 3.63) is 106 Å². The van der Waals surface area contributed by atoms with Gasteiger partial charge in [0.15, 0.2) is 5.16 Å². The van der Waals surface area contributed by atoms with Gasteiger partial charge in [0, 0.05) is 22.3 Å². The summed E-state index contributed by atoms with van der Waals surface area (Å²) in [5.41, 5.74) is 6.15. The van der Waals surface area contributed by atoms with Crippen molar-refractivity contribution in [2.75, 3.05) is 7.11 Å². The molecule has 0 bridgehead atoms. The lowest BCUT2D eigenvalue weighted by Crippen LogP contribution is -2.43. The molecule has 0 unspecified atom stereocenters. The van der Waals surface area contributed by atoms with Gasteiger partial charge in [0.2, 0.25) is 5.78 Å². The van der Waals surface area contributed by atoms with Crippen LogP contribution in [0.15, 0.2) is 88.8 Å². The van der Waals surface area contributed by atoms with Gasteiger partial charge in [0.25, 0.3) is 5.56 Å². The Morgan fingerprint density at radius 2 is 1.64 bits per heavy atom. The van der Waals surface area contributed by atoms with Crippen molar-refractivity contribution in [2.24, 2.45) is 0 Å². The molecule has 0 saturated heterocycles. The first-order valence-electron chi connectivity index (χ1n) is 13.6. The molecule has 2 heterocycles. The Morgan fingerprint density at radius 3 is 2.41 bits per heavy atom. The molecule has 2 aliphatic rings. The van der Waals surface area contributed by atoms with E-state index in [1.54, 1.807) is 23.4 Å². The van der Waals surface area contributed by atoms with Crippen LogP contribution in [0, 0.1) is 0 Å². The highest BCUT2D eigenvalue weighted by atomic mass is 32.2. The Bertz CT molecular complexity index is 1720. The molecule has 1 fully saturated rings. The molecular weight excluding hydrogens is 504 g/mol. The summed E-state index contributed by atoms with van der Waals surface area (Å²) >= 11 is 1.66. The van der Waals surface area contributed by atoms with E-state index in [9.17, 15) is 4.79 Å². The minimum atomic E-state index is -0.187. The molecule has 2 aliphatic carbocycles. The second kappa shape index (κ2) is 9.72. The first kappa shape index (κ1) is 24.2. The monoisotopic (exact) mass is 534 g/mol. The van der Waals surface area contributed by atoms with Gasteiger partial charge in [-0.3, -0.25) is 9.20 Å². The summed E-state index contributed by atoms with van der Waals surface area (Å²) in [7, 11) is 1.65. The van der Waals surface area contributed by atoms with Crippen molar-refractivity contribution in [2.45, 2.75) is 54.8 Å². The number of nitrogens with zero attached hydrogens (tertiary/aromatic N) is 4. The number of hydrogen-bond donors (Lipinski definition) is 0. The van der Waals surface area contributed by atoms with Crippen molar-refractivity contribution in [3.63, 3.8) is 0 Å². The fraction of sp³-hybridized carbons (Fsp3) is 0.281. The maximum absolute atomic E-state index is 14.7. The molecular formula is C32H30N4O2S. The fourth-order valence-corrected chi connectivity index (χ4v) is 7.43. The van der Waals surface area contributed by atoms with Crippen LogP contribution in [0.2, 0.25) is 0 Å². The van der Waals surface area contributed by atoms with Crippen LogP contribution < -0.4 is 10.3 Å². The number of hydrogen-bond acceptors (Lipinski definition) is 5. The molecule has 39 heavy (non-hydrogen) atoms. The highest BCUT2D eigenvalue weighted by molar-refractivity contribution is 7.98. The molecule has 5 aromatic rings. The number of ether oxygens (including phenoxy) is 1. The van der Waals surface area contributed by atoms with Gasteiger partial charge < -0.3 is 4.74 Å². The summed E-state index contributed by atoms with van der Waals surface area (Å²) < 4.78 is 9.32. The largest absolute Gasteiger partial charge is 0.497 e. The molecule has 1 spiro atoms. The van der Waals surface area contributed by atoms with Crippen LogP contribution in [-0.4, -0.2) is 26.3 Å². The van der Waals surface area contributed by atoms with Crippen LogP contribution in [0.3, 0.4) is 0 Å². The van der Waals surface area contributed by atoms with Crippen LogP contribution in [0.4, 0.5) is 0 Å². The van der Waals surface area contributed by atoms with E-state index in [0.717, 1.165) is 71.3 Å². The molecule has 7 heteroatoms. The van der Waals surface area contributed by atoms with Crippen molar-refractivity contribution < 1.29 is 4.74 Å². The van der Waals surface area contributed by atoms with Crippen molar-refractivity contribution in [1.29, 1.82) is 0 Å². The first-order chi connectivity index (χ1) is 19.2. The van der Waals surface area contributed by atoms with Crippen molar-refractivity contribution >= 4 is 17.5 Å². The van der Waals surface area contributed by atoms with E-state index in [2.05, 4.69) is 63.1 Å². The predicted octanol–water partition coefficient (Wildman–Crippen LogP) is 6.61. The Hall–Kier alpha value is -3.84. The quantitative estimate of drug-likeness (QED) is 0.238. The average molecular weight is 535 g/mol. The molecule has 1 saturated carbocycles. The van der Waals surface area contributed by atoms with Gasteiger partial charge >= 0.3 is 0 Å². The number of benzene rings is 3. The zero-order valence-electron chi connectivity index (χ0n) is 22.0. The third-order valence-corrected chi connectivity index (χ3v) is 9.38. The van der Waals surface area contributed by atoms with E-state index >= 15 is 0 Å². The van der Waals surface area contributed by atoms with Crippen LogP contribution in [0.5, 0.6) is 5.75 Å². The fourth-order valence-electron chi connectivity index (χ4n) is 6.55. The van der Waals surface area contributed by atoms with E-state index in [1.807, 2.05) is 30.3 Å². The number of methoxy groups -OCH3 is 1. The smallest absolute Gasteiger partial charge is 0.263 e. The van der Waals surface area contributed by atoms with Crippen LogP contribution in [0.1, 0.15) is 48.8 Å². The standard InChI is InChI=1S/C32H30N4O2S/c1-38-25-16-14-24(15-17-25)35-29(37)27-28(26-13-7-6-12-23(26)20-32(27)18-8-3-9-19-32)36-30(35)33-34-31(36)39-21-22-10-4-2-5-11-22/h2,4-7,10-17H,3,8-9,18-21H2,1H3. The third kappa shape index (κ3) is 3.98. The Kier molecular flexibility index (Phi) is 6.04. The number of aromatic nitrogens is 4. The summed E-state index contributed by atoms with van der Waals surface area (Å²) in [6, 6.07) is 26.6.